The lowest BCUT2D eigenvalue weighted by Crippen LogP contribution is -2.12. The van der Waals surface area contributed by atoms with E-state index in [0.29, 0.717) is 17.7 Å². The van der Waals surface area contributed by atoms with Gasteiger partial charge in [-0.05, 0) is 30.5 Å². The zero-order chi connectivity index (χ0) is 15.2. The first kappa shape index (κ1) is 14.2. The Morgan fingerprint density at radius 3 is 2.86 bits per heavy atom. The molecule has 6 nitrogen and oxygen atoms in total. The predicted molar refractivity (Wildman–Crippen MR) is 82.4 cm³/mol. The van der Waals surface area contributed by atoms with E-state index in [4.69, 9.17) is 9.25 Å². The number of anilines is 1. The summed E-state index contributed by atoms with van der Waals surface area (Å²) >= 11 is 0. The summed E-state index contributed by atoms with van der Waals surface area (Å²) in [5, 5.41) is 0. The zero-order valence-electron chi connectivity index (χ0n) is 11.9. The molecular weight excluding hydrogens is 282 g/mol. The number of aryl methyl sites for hydroxylation is 1. The monoisotopic (exact) mass is 297 g/mol. The van der Waals surface area contributed by atoms with E-state index in [0.717, 1.165) is 12.8 Å². The summed E-state index contributed by atoms with van der Waals surface area (Å²) < 4.78 is 4.96. The van der Waals surface area contributed by atoms with Crippen molar-refractivity contribution in [1.82, 2.24) is 9.97 Å². The number of pyridine rings is 1. The minimum atomic E-state index is -0.684. The molecule has 1 N–H and O–H groups in total. The smallest absolute Gasteiger partial charge is 0.406 e. The van der Waals surface area contributed by atoms with Gasteiger partial charge < -0.3 is 4.42 Å². The summed E-state index contributed by atoms with van der Waals surface area (Å²) in [6.07, 6.45) is 3.38. The highest BCUT2D eigenvalue weighted by molar-refractivity contribution is 5.82. The molecule has 3 aromatic rings. The Morgan fingerprint density at radius 1 is 1.14 bits per heavy atom. The molecule has 0 amide bonds. The van der Waals surface area contributed by atoms with Crippen LogP contribution in [0.3, 0.4) is 0 Å². The fourth-order valence-electron chi connectivity index (χ4n) is 2.10. The van der Waals surface area contributed by atoms with Crippen molar-refractivity contribution in [3.63, 3.8) is 0 Å². The minimum Gasteiger partial charge on any atom is -0.406 e. The summed E-state index contributed by atoms with van der Waals surface area (Å²) in [5.74, 6) is -0.414. The van der Waals surface area contributed by atoms with Gasteiger partial charge in [-0.3, -0.25) is 4.84 Å². The molecule has 0 aliphatic heterocycles. The van der Waals surface area contributed by atoms with Gasteiger partial charge in [-0.2, -0.15) is 4.98 Å². The van der Waals surface area contributed by atoms with E-state index in [1.165, 1.54) is 5.56 Å². The lowest BCUT2D eigenvalue weighted by Gasteiger charge is -2.07. The van der Waals surface area contributed by atoms with E-state index in [1.54, 1.807) is 18.3 Å². The number of aromatic nitrogens is 2. The van der Waals surface area contributed by atoms with Crippen LogP contribution in [0.5, 0.6) is 0 Å². The summed E-state index contributed by atoms with van der Waals surface area (Å²) in [5.41, 5.74) is 4.78. The third kappa shape index (κ3) is 3.48. The third-order valence-corrected chi connectivity index (χ3v) is 3.12. The molecule has 0 unspecified atom stereocenters. The lowest BCUT2D eigenvalue weighted by atomic mass is 10.1. The summed E-state index contributed by atoms with van der Waals surface area (Å²) in [7, 11) is 0. The SMILES string of the molecule is O=c1nc(NOCCCc2ccccc2)c2ncccc2o1. The van der Waals surface area contributed by atoms with Gasteiger partial charge in [0.1, 0.15) is 0 Å². The number of nitrogens with one attached hydrogen (secondary N) is 1. The summed E-state index contributed by atoms with van der Waals surface area (Å²) in [6, 6.07) is 13.5. The molecule has 0 aliphatic rings. The Bertz CT molecular complexity index is 802. The van der Waals surface area contributed by atoms with Crippen molar-refractivity contribution in [1.29, 1.82) is 0 Å². The molecule has 1 aromatic carbocycles. The Labute approximate surface area is 126 Å². The average molecular weight is 297 g/mol. The van der Waals surface area contributed by atoms with Gasteiger partial charge in [0, 0.05) is 6.20 Å². The van der Waals surface area contributed by atoms with Crippen molar-refractivity contribution in [2.45, 2.75) is 12.8 Å². The normalized spacial score (nSPS) is 10.7. The van der Waals surface area contributed by atoms with Gasteiger partial charge in [0.15, 0.2) is 16.9 Å². The fourth-order valence-corrected chi connectivity index (χ4v) is 2.10. The number of hydrogen-bond acceptors (Lipinski definition) is 6. The highest BCUT2D eigenvalue weighted by Gasteiger charge is 2.07. The molecule has 0 aliphatic carbocycles. The van der Waals surface area contributed by atoms with E-state index in [1.807, 2.05) is 18.2 Å². The first-order valence-corrected chi connectivity index (χ1v) is 7.00. The van der Waals surface area contributed by atoms with Crippen molar-refractivity contribution in [3.8, 4) is 0 Å². The van der Waals surface area contributed by atoms with Crippen LogP contribution in [0, 0.1) is 0 Å². The van der Waals surface area contributed by atoms with E-state index in [9.17, 15) is 4.79 Å². The minimum absolute atomic E-state index is 0.270. The topological polar surface area (TPSA) is 77.2 Å². The maximum atomic E-state index is 11.4. The molecule has 0 radical (unpaired) electrons. The second-order valence-electron chi connectivity index (χ2n) is 4.72. The zero-order valence-corrected chi connectivity index (χ0v) is 11.9. The van der Waals surface area contributed by atoms with Crippen molar-refractivity contribution >= 4 is 16.9 Å². The molecule has 3 rings (SSSR count). The standard InChI is InChI=1S/C16H15N3O3/c20-16-18-15(14-13(22-16)9-4-10-17-14)19-21-11-5-8-12-6-2-1-3-7-12/h1-4,6-7,9-10H,5,8,11H2,(H,18,19,20). The molecule has 0 bridgehead atoms. The molecule has 0 atom stereocenters. The first-order valence-electron chi connectivity index (χ1n) is 7.00. The Morgan fingerprint density at radius 2 is 2.00 bits per heavy atom. The van der Waals surface area contributed by atoms with Gasteiger partial charge in [-0.25, -0.2) is 15.3 Å². The number of benzene rings is 1. The second kappa shape index (κ2) is 6.82. The molecule has 22 heavy (non-hydrogen) atoms. The molecule has 0 spiro atoms. The molecule has 0 fully saturated rings. The van der Waals surface area contributed by atoms with Crippen LogP contribution >= 0.6 is 0 Å². The maximum Gasteiger partial charge on any atom is 0.441 e. The van der Waals surface area contributed by atoms with Gasteiger partial charge in [0.05, 0.1) is 6.61 Å². The number of fused-ring (bicyclic) bond motifs is 1. The van der Waals surface area contributed by atoms with Crippen LogP contribution in [0.25, 0.3) is 11.1 Å². The second-order valence-corrected chi connectivity index (χ2v) is 4.72. The van der Waals surface area contributed by atoms with Crippen molar-refractivity contribution in [3.05, 3.63) is 64.8 Å². The molecule has 0 saturated heterocycles. The van der Waals surface area contributed by atoms with Crippen LogP contribution in [0.4, 0.5) is 5.82 Å². The Hall–Kier alpha value is -2.73. The van der Waals surface area contributed by atoms with E-state index < -0.39 is 5.76 Å². The molecule has 0 saturated carbocycles. The van der Waals surface area contributed by atoms with Crippen LogP contribution in [0.2, 0.25) is 0 Å². The van der Waals surface area contributed by atoms with Crippen LogP contribution in [-0.4, -0.2) is 16.6 Å². The number of nitrogens with zero attached hydrogens (tertiary/aromatic N) is 2. The Kier molecular flexibility index (Phi) is 4.41. The molecular formula is C16H15N3O3. The molecule has 6 heteroatoms. The number of hydrogen-bond donors (Lipinski definition) is 1. The Balaban J connectivity index is 1.57. The molecule has 2 aromatic heterocycles. The van der Waals surface area contributed by atoms with Gasteiger partial charge in [-0.1, -0.05) is 30.3 Å². The third-order valence-electron chi connectivity index (χ3n) is 3.12. The van der Waals surface area contributed by atoms with Crippen molar-refractivity contribution < 1.29 is 9.25 Å². The molecule has 2 heterocycles. The quantitative estimate of drug-likeness (QED) is 0.556. The van der Waals surface area contributed by atoms with Gasteiger partial charge in [0.2, 0.25) is 0 Å². The van der Waals surface area contributed by atoms with E-state index in [-0.39, 0.29) is 5.82 Å². The van der Waals surface area contributed by atoms with Gasteiger partial charge >= 0.3 is 5.76 Å². The van der Waals surface area contributed by atoms with E-state index >= 15 is 0 Å². The van der Waals surface area contributed by atoms with Crippen LogP contribution in [0.15, 0.2) is 57.9 Å². The van der Waals surface area contributed by atoms with Crippen LogP contribution < -0.4 is 11.2 Å². The van der Waals surface area contributed by atoms with Crippen molar-refractivity contribution in [2.24, 2.45) is 0 Å². The fraction of sp³-hybridized carbons (Fsp3) is 0.188. The highest BCUT2D eigenvalue weighted by Crippen LogP contribution is 2.15. The predicted octanol–water partition coefficient (Wildman–Crippen LogP) is 2.56. The maximum absolute atomic E-state index is 11.4. The summed E-state index contributed by atoms with van der Waals surface area (Å²) in [4.78, 5) is 24.6. The lowest BCUT2D eigenvalue weighted by molar-refractivity contribution is 0.189. The molecule has 112 valence electrons. The number of rotatable bonds is 6. The average Bonchev–Trinajstić information content (AvgIpc) is 2.55. The first-order chi connectivity index (χ1) is 10.8. The van der Waals surface area contributed by atoms with Crippen LogP contribution in [-0.2, 0) is 11.3 Å². The van der Waals surface area contributed by atoms with E-state index in [2.05, 4.69) is 27.6 Å². The van der Waals surface area contributed by atoms with Gasteiger partial charge in [0.25, 0.3) is 0 Å². The van der Waals surface area contributed by atoms with Crippen molar-refractivity contribution in [2.75, 3.05) is 12.1 Å². The largest absolute Gasteiger partial charge is 0.441 e. The van der Waals surface area contributed by atoms with Crippen LogP contribution in [0.1, 0.15) is 12.0 Å². The summed E-state index contributed by atoms with van der Waals surface area (Å²) in [6.45, 7) is 0.491. The highest BCUT2D eigenvalue weighted by atomic mass is 16.6. The van der Waals surface area contributed by atoms with Gasteiger partial charge in [-0.15, -0.1) is 0 Å².